The van der Waals surface area contributed by atoms with Crippen molar-refractivity contribution in [2.24, 2.45) is 5.41 Å². The van der Waals surface area contributed by atoms with E-state index in [0.29, 0.717) is 6.54 Å². The number of aliphatic hydroxyl groups is 1. The summed E-state index contributed by atoms with van der Waals surface area (Å²) in [5.41, 5.74) is 0.317. The van der Waals surface area contributed by atoms with Gasteiger partial charge in [0.15, 0.2) is 0 Å². The van der Waals surface area contributed by atoms with Crippen LogP contribution in [0.1, 0.15) is 52.8 Å². The van der Waals surface area contributed by atoms with Crippen LogP contribution >= 0.6 is 0 Å². The highest BCUT2D eigenvalue weighted by Gasteiger charge is 2.45. The molecule has 0 spiro atoms. The van der Waals surface area contributed by atoms with E-state index in [0.717, 1.165) is 18.8 Å². The highest BCUT2D eigenvalue weighted by atomic mass is 16.5. The quantitative estimate of drug-likeness (QED) is 0.677. The van der Waals surface area contributed by atoms with Gasteiger partial charge in [0.05, 0.1) is 30.2 Å². The van der Waals surface area contributed by atoms with Crippen LogP contribution in [0.25, 0.3) is 0 Å². The Morgan fingerprint density at radius 1 is 1.26 bits per heavy atom. The largest absolute Gasteiger partial charge is 0.391 e. The number of amides is 2. The number of aliphatic hydroxyl groups excluding tert-OH is 1. The van der Waals surface area contributed by atoms with Crippen LogP contribution < -0.4 is 5.32 Å². The third-order valence-electron chi connectivity index (χ3n) is 5.87. The van der Waals surface area contributed by atoms with Crippen LogP contribution in [0.5, 0.6) is 0 Å². The first-order valence-corrected chi connectivity index (χ1v) is 11.0. The fourth-order valence-electron chi connectivity index (χ4n) is 4.66. The van der Waals surface area contributed by atoms with Crippen LogP contribution in [0.4, 0.5) is 0 Å². The average molecular weight is 437 g/mol. The zero-order valence-corrected chi connectivity index (χ0v) is 19.4. The molecule has 10 heteroatoms. The predicted molar refractivity (Wildman–Crippen MR) is 114 cm³/mol. The summed E-state index contributed by atoms with van der Waals surface area (Å²) < 4.78 is 7.40. The standard InChI is InChI=1S/C21H36N6O4/c1-13-8-25(9-14(2)31-13)10-15-11-27(24-23-15)18(21(3,4)5)20(30)26-12-16(28)7-17(26)19(29)22-6/h11,13-14,16-18,28H,7-10,12H2,1-6H3,(H,22,29)/t13-,14+,16-,17+,18-/m1/s1. The van der Waals surface area contributed by atoms with Gasteiger partial charge in [-0.2, -0.15) is 0 Å². The van der Waals surface area contributed by atoms with Crippen molar-refractivity contribution in [3.63, 3.8) is 0 Å². The van der Waals surface area contributed by atoms with Crippen LogP contribution in [0.3, 0.4) is 0 Å². The second-order valence-electron chi connectivity index (χ2n) is 9.92. The molecule has 2 amide bonds. The molecule has 0 bridgehead atoms. The van der Waals surface area contributed by atoms with Gasteiger partial charge < -0.3 is 20.1 Å². The maximum Gasteiger partial charge on any atom is 0.248 e. The van der Waals surface area contributed by atoms with Crippen molar-refractivity contribution in [1.29, 1.82) is 0 Å². The van der Waals surface area contributed by atoms with Crippen LogP contribution in [0.15, 0.2) is 6.20 Å². The molecule has 5 atom stereocenters. The van der Waals surface area contributed by atoms with Gasteiger partial charge in [0.2, 0.25) is 11.8 Å². The molecule has 0 radical (unpaired) electrons. The first kappa shape index (κ1) is 23.6. The summed E-state index contributed by atoms with van der Waals surface area (Å²) in [6, 6.07) is -1.33. The van der Waals surface area contributed by atoms with Crippen molar-refractivity contribution in [3.05, 3.63) is 11.9 Å². The molecule has 0 unspecified atom stereocenters. The number of carbonyl (C=O) groups is 2. The van der Waals surface area contributed by atoms with Gasteiger partial charge in [-0.05, 0) is 19.3 Å². The number of likely N-dealkylation sites (tertiary alicyclic amines) is 1. The number of aromatic nitrogens is 3. The van der Waals surface area contributed by atoms with E-state index in [-0.39, 0.29) is 37.0 Å². The zero-order valence-electron chi connectivity index (χ0n) is 19.4. The Balaban J connectivity index is 1.80. The summed E-state index contributed by atoms with van der Waals surface area (Å²) in [5.74, 6) is -0.505. The van der Waals surface area contributed by atoms with Gasteiger partial charge in [0, 0.05) is 39.6 Å². The van der Waals surface area contributed by atoms with Crippen molar-refractivity contribution in [1.82, 2.24) is 30.1 Å². The van der Waals surface area contributed by atoms with Crippen LogP contribution in [-0.2, 0) is 20.9 Å². The molecular weight excluding hydrogens is 400 g/mol. The maximum atomic E-state index is 13.6. The smallest absolute Gasteiger partial charge is 0.248 e. The number of hydrogen-bond donors (Lipinski definition) is 2. The summed E-state index contributed by atoms with van der Waals surface area (Å²) in [6.45, 7) is 12.4. The van der Waals surface area contributed by atoms with Crippen molar-refractivity contribution in [3.8, 4) is 0 Å². The lowest BCUT2D eigenvalue weighted by molar-refractivity contribution is -0.144. The zero-order chi connectivity index (χ0) is 22.9. The second-order valence-corrected chi connectivity index (χ2v) is 9.92. The Kier molecular flexibility index (Phi) is 7.02. The molecular formula is C21H36N6O4. The van der Waals surface area contributed by atoms with Gasteiger partial charge in [-0.15, -0.1) is 5.10 Å². The van der Waals surface area contributed by atoms with Gasteiger partial charge in [0.25, 0.3) is 0 Å². The normalized spacial score (nSPS) is 28.5. The van der Waals surface area contributed by atoms with Crippen LogP contribution in [-0.4, -0.2) is 92.8 Å². The summed E-state index contributed by atoms with van der Waals surface area (Å²) in [6.07, 6.45) is 1.65. The number of hydrogen-bond acceptors (Lipinski definition) is 7. The monoisotopic (exact) mass is 436 g/mol. The Labute approximate surface area is 183 Å². The highest BCUT2D eigenvalue weighted by Crippen LogP contribution is 2.34. The van der Waals surface area contributed by atoms with Gasteiger partial charge in [0.1, 0.15) is 12.1 Å². The first-order chi connectivity index (χ1) is 14.5. The minimum atomic E-state index is -0.719. The molecule has 2 fully saturated rings. The van der Waals surface area contributed by atoms with Gasteiger partial charge in [-0.3, -0.25) is 14.5 Å². The van der Waals surface area contributed by atoms with Crippen molar-refractivity contribution in [2.45, 2.75) is 78.0 Å². The number of likely N-dealkylation sites (N-methyl/N-ethyl adjacent to an activating group) is 1. The predicted octanol–water partition coefficient (Wildman–Crippen LogP) is 0.182. The number of morpholine rings is 1. The molecule has 2 aliphatic heterocycles. The van der Waals surface area contributed by atoms with Gasteiger partial charge >= 0.3 is 0 Å². The number of ether oxygens (including phenoxy) is 1. The first-order valence-electron chi connectivity index (χ1n) is 11.0. The molecule has 3 heterocycles. The fourth-order valence-corrected chi connectivity index (χ4v) is 4.66. The molecule has 1 aromatic heterocycles. The Morgan fingerprint density at radius 2 is 1.90 bits per heavy atom. The molecule has 1 aromatic rings. The van der Waals surface area contributed by atoms with Crippen LogP contribution in [0.2, 0.25) is 0 Å². The number of β-amino-alcohol motifs (C(OH)–C–C–N with tert-alkyl or cyclic N) is 1. The van der Waals surface area contributed by atoms with E-state index in [1.54, 1.807) is 4.68 Å². The van der Waals surface area contributed by atoms with E-state index in [2.05, 4.69) is 34.4 Å². The average Bonchev–Trinajstić information content (AvgIpc) is 3.25. The molecule has 0 aromatic carbocycles. The second kappa shape index (κ2) is 9.22. The van der Waals surface area contributed by atoms with Crippen LogP contribution in [0, 0.1) is 5.41 Å². The number of nitrogens with zero attached hydrogens (tertiary/aromatic N) is 5. The number of rotatable bonds is 5. The summed E-state index contributed by atoms with van der Waals surface area (Å²) >= 11 is 0. The summed E-state index contributed by atoms with van der Waals surface area (Å²) in [4.78, 5) is 29.6. The summed E-state index contributed by atoms with van der Waals surface area (Å²) in [5, 5.41) is 21.3. The Hall–Kier alpha value is -2.04. The molecule has 0 saturated carbocycles. The minimum Gasteiger partial charge on any atom is -0.391 e. The van der Waals surface area contributed by atoms with E-state index < -0.39 is 23.6 Å². The SMILES string of the molecule is CNC(=O)[C@@H]1C[C@@H](O)CN1C(=O)[C@@H](n1cc(CN2C[C@@H](C)O[C@@H](C)C2)nn1)C(C)(C)C. The molecule has 10 nitrogen and oxygen atoms in total. The minimum absolute atomic E-state index is 0.134. The van der Waals surface area contributed by atoms with Gasteiger partial charge in [-0.25, -0.2) is 4.68 Å². The maximum absolute atomic E-state index is 13.6. The molecule has 2 saturated heterocycles. The Bertz CT molecular complexity index is 781. The molecule has 3 rings (SSSR count). The van der Waals surface area contributed by atoms with E-state index in [1.807, 2.05) is 27.0 Å². The van der Waals surface area contributed by atoms with Crippen molar-refractivity contribution < 1.29 is 19.4 Å². The summed E-state index contributed by atoms with van der Waals surface area (Å²) in [7, 11) is 1.54. The van der Waals surface area contributed by atoms with Crippen molar-refractivity contribution >= 4 is 11.8 Å². The van der Waals surface area contributed by atoms with E-state index >= 15 is 0 Å². The molecule has 0 aliphatic carbocycles. The third-order valence-corrected chi connectivity index (χ3v) is 5.87. The molecule has 2 N–H and O–H groups in total. The van der Waals surface area contributed by atoms with Crippen molar-refractivity contribution in [2.75, 3.05) is 26.7 Å². The molecule has 31 heavy (non-hydrogen) atoms. The fraction of sp³-hybridized carbons (Fsp3) is 0.810. The topological polar surface area (TPSA) is 113 Å². The van der Waals surface area contributed by atoms with E-state index in [1.165, 1.54) is 11.9 Å². The Morgan fingerprint density at radius 3 is 2.48 bits per heavy atom. The van der Waals surface area contributed by atoms with E-state index in [4.69, 9.17) is 4.74 Å². The highest BCUT2D eigenvalue weighted by molar-refractivity contribution is 5.90. The van der Waals surface area contributed by atoms with Gasteiger partial charge in [-0.1, -0.05) is 26.0 Å². The molecule has 174 valence electrons. The number of carbonyl (C=O) groups excluding carboxylic acids is 2. The lowest BCUT2D eigenvalue weighted by atomic mass is 9.85. The number of nitrogens with one attached hydrogen (secondary N) is 1. The van der Waals surface area contributed by atoms with E-state index in [9.17, 15) is 14.7 Å². The lowest BCUT2D eigenvalue weighted by Gasteiger charge is -2.35. The third kappa shape index (κ3) is 5.42. The lowest BCUT2D eigenvalue weighted by Crippen LogP contribution is -2.49. The molecule has 2 aliphatic rings.